The molecule has 1 aromatic rings. The van der Waals surface area contributed by atoms with E-state index in [1.807, 2.05) is 26.8 Å². The molecule has 126 valence electrons. The van der Waals surface area contributed by atoms with Crippen molar-refractivity contribution in [1.29, 1.82) is 0 Å². The van der Waals surface area contributed by atoms with Crippen molar-refractivity contribution in [2.24, 2.45) is 5.73 Å². The number of piperidine rings is 1. The summed E-state index contributed by atoms with van der Waals surface area (Å²) in [6.45, 7) is 6.84. The predicted molar refractivity (Wildman–Crippen MR) is 86.7 cm³/mol. The van der Waals surface area contributed by atoms with E-state index in [0.29, 0.717) is 18.7 Å². The molecule has 23 heavy (non-hydrogen) atoms. The van der Waals surface area contributed by atoms with Crippen molar-refractivity contribution in [2.45, 2.75) is 57.1 Å². The topological polar surface area (TPSA) is 55.6 Å². The van der Waals surface area contributed by atoms with Crippen LogP contribution in [0, 0.1) is 5.82 Å². The molecule has 1 aromatic carbocycles. The Balaban J connectivity index is 1.75. The van der Waals surface area contributed by atoms with Crippen LogP contribution in [0.25, 0.3) is 0 Å². The average Bonchev–Trinajstić information content (AvgIpc) is 2.72. The Kier molecular flexibility index (Phi) is 3.87. The minimum Gasteiger partial charge on any atom is -0.444 e. The maximum Gasteiger partial charge on any atom is 0.410 e. The molecule has 2 aliphatic rings. The number of benzene rings is 1. The summed E-state index contributed by atoms with van der Waals surface area (Å²) in [5.41, 5.74) is 7.30. The first-order chi connectivity index (χ1) is 10.7. The molecule has 1 spiro atoms. The smallest absolute Gasteiger partial charge is 0.410 e. The Labute approximate surface area is 136 Å². The van der Waals surface area contributed by atoms with E-state index in [2.05, 4.69) is 0 Å². The highest BCUT2D eigenvalue weighted by molar-refractivity contribution is 5.68. The lowest BCUT2D eigenvalue weighted by molar-refractivity contribution is 0.0162. The van der Waals surface area contributed by atoms with Crippen molar-refractivity contribution in [3.8, 4) is 0 Å². The number of hydrogen-bond acceptors (Lipinski definition) is 3. The molecule has 0 bridgehead atoms. The monoisotopic (exact) mass is 320 g/mol. The van der Waals surface area contributed by atoms with Crippen molar-refractivity contribution in [2.75, 3.05) is 13.1 Å². The van der Waals surface area contributed by atoms with Crippen molar-refractivity contribution >= 4 is 6.09 Å². The van der Waals surface area contributed by atoms with E-state index in [-0.39, 0.29) is 23.4 Å². The van der Waals surface area contributed by atoms with E-state index in [4.69, 9.17) is 10.5 Å². The lowest BCUT2D eigenvalue weighted by atomic mass is 9.73. The first kappa shape index (κ1) is 16.2. The molecule has 1 fully saturated rings. The number of carbonyl (C=O) groups is 1. The molecule has 0 saturated carbocycles. The second-order valence-electron chi connectivity index (χ2n) is 7.76. The Morgan fingerprint density at radius 1 is 1.35 bits per heavy atom. The van der Waals surface area contributed by atoms with Gasteiger partial charge in [-0.05, 0) is 51.7 Å². The zero-order chi connectivity index (χ0) is 16.8. The van der Waals surface area contributed by atoms with Crippen LogP contribution in [-0.2, 0) is 10.2 Å². The second-order valence-corrected chi connectivity index (χ2v) is 7.76. The second kappa shape index (κ2) is 5.48. The number of hydrogen-bond donors (Lipinski definition) is 1. The number of carbonyl (C=O) groups excluding carboxylic acids is 1. The molecule has 1 aliphatic carbocycles. The van der Waals surface area contributed by atoms with E-state index in [1.54, 1.807) is 11.0 Å². The SMILES string of the molecule is CC(C)(C)OC(=O)N1CCC2(CC1)C[C@H](N)c1c(F)cccc12. The van der Waals surface area contributed by atoms with Gasteiger partial charge in [-0.3, -0.25) is 0 Å². The van der Waals surface area contributed by atoms with Gasteiger partial charge >= 0.3 is 6.09 Å². The molecule has 0 radical (unpaired) electrons. The van der Waals surface area contributed by atoms with E-state index >= 15 is 0 Å². The van der Waals surface area contributed by atoms with Gasteiger partial charge in [0.2, 0.25) is 0 Å². The molecule has 1 aliphatic heterocycles. The number of fused-ring (bicyclic) bond motifs is 2. The fourth-order valence-corrected chi connectivity index (χ4v) is 3.93. The van der Waals surface area contributed by atoms with Gasteiger partial charge < -0.3 is 15.4 Å². The summed E-state index contributed by atoms with van der Waals surface area (Å²) in [4.78, 5) is 13.9. The molecular weight excluding hydrogens is 295 g/mol. The highest BCUT2D eigenvalue weighted by Gasteiger charge is 2.46. The third-order valence-corrected chi connectivity index (χ3v) is 4.98. The summed E-state index contributed by atoms with van der Waals surface area (Å²) in [7, 11) is 0. The molecule has 2 N–H and O–H groups in total. The van der Waals surface area contributed by atoms with E-state index < -0.39 is 5.60 Å². The van der Waals surface area contributed by atoms with Crippen molar-refractivity contribution in [3.05, 3.63) is 35.1 Å². The van der Waals surface area contributed by atoms with E-state index in [0.717, 1.165) is 24.8 Å². The van der Waals surface area contributed by atoms with Crippen LogP contribution in [0.15, 0.2) is 18.2 Å². The Morgan fingerprint density at radius 3 is 2.61 bits per heavy atom. The highest BCUT2D eigenvalue weighted by atomic mass is 19.1. The lowest BCUT2D eigenvalue weighted by Crippen LogP contribution is -2.46. The van der Waals surface area contributed by atoms with Crippen LogP contribution in [0.5, 0.6) is 0 Å². The number of amides is 1. The first-order valence-electron chi connectivity index (χ1n) is 8.24. The summed E-state index contributed by atoms with van der Waals surface area (Å²) < 4.78 is 19.5. The van der Waals surface area contributed by atoms with E-state index in [9.17, 15) is 9.18 Å². The molecule has 0 unspecified atom stereocenters. The van der Waals surface area contributed by atoms with Crippen LogP contribution in [-0.4, -0.2) is 29.7 Å². The molecule has 4 nitrogen and oxygen atoms in total. The van der Waals surface area contributed by atoms with Gasteiger partial charge in [-0.15, -0.1) is 0 Å². The summed E-state index contributed by atoms with van der Waals surface area (Å²) in [6, 6.07) is 4.98. The maximum absolute atomic E-state index is 14.1. The maximum atomic E-state index is 14.1. The van der Waals surface area contributed by atoms with Crippen LogP contribution < -0.4 is 5.73 Å². The van der Waals surface area contributed by atoms with Gasteiger partial charge in [-0.1, -0.05) is 12.1 Å². The lowest BCUT2D eigenvalue weighted by Gasteiger charge is -2.40. The van der Waals surface area contributed by atoms with Gasteiger partial charge in [0, 0.05) is 30.1 Å². The number of nitrogens with zero attached hydrogens (tertiary/aromatic N) is 1. The summed E-state index contributed by atoms with van der Waals surface area (Å²) in [5.74, 6) is -0.207. The van der Waals surface area contributed by atoms with Crippen LogP contribution in [0.4, 0.5) is 9.18 Å². The minimum atomic E-state index is -0.488. The molecular formula is C18H25FN2O2. The Morgan fingerprint density at radius 2 is 2.00 bits per heavy atom. The quantitative estimate of drug-likeness (QED) is 0.796. The van der Waals surface area contributed by atoms with Crippen molar-refractivity contribution in [3.63, 3.8) is 0 Å². The van der Waals surface area contributed by atoms with Crippen LogP contribution in [0.1, 0.15) is 57.2 Å². The molecule has 5 heteroatoms. The molecule has 1 heterocycles. The van der Waals surface area contributed by atoms with Crippen molar-refractivity contribution < 1.29 is 13.9 Å². The largest absolute Gasteiger partial charge is 0.444 e. The Hall–Kier alpha value is -1.62. The number of halogens is 1. The molecule has 1 amide bonds. The number of rotatable bonds is 0. The summed E-state index contributed by atoms with van der Waals surface area (Å²) in [5, 5.41) is 0. The third kappa shape index (κ3) is 2.94. The zero-order valence-corrected chi connectivity index (χ0v) is 14.1. The molecule has 1 atom stereocenters. The summed E-state index contributed by atoms with van der Waals surface area (Å²) >= 11 is 0. The fourth-order valence-electron chi connectivity index (χ4n) is 3.93. The molecule has 3 rings (SSSR count). The van der Waals surface area contributed by atoms with Gasteiger partial charge in [0.05, 0.1) is 0 Å². The molecule has 1 saturated heterocycles. The minimum absolute atomic E-state index is 0.102. The average molecular weight is 320 g/mol. The van der Waals surface area contributed by atoms with Crippen LogP contribution in [0.2, 0.25) is 0 Å². The van der Waals surface area contributed by atoms with Gasteiger partial charge in [0.15, 0.2) is 0 Å². The van der Waals surface area contributed by atoms with Crippen molar-refractivity contribution in [1.82, 2.24) is 4.90 Å². The number of likely N-dealkylation sites (tertiary alicyclic amines) is 1. The van der Waals surface area contributed by atoms with Gasteiger partial charge in [-0.25, -0.2) is 9.18 Å². The predicted octanol–water partition coefficient (Wildman–Crippen LogP) is 3.50. The fraction of sp³-hybridized carbons (Fsp3) is 0.611. The number of nitrogens with two attached hydrogens (primary N) is 1. The van der Waals surface area contributed by atoms with E-state index in [1.165, 1.54) is 6.07 Å². The van der Waals surface area contributed by atoms with Gasteiger partial charge in [0.25, 0.3) is 0 Å². The normalized spacial score (nSPS) is 23.0. The van der Waals surface area contributed by atoms with Gasteiger partial charge in [-0.2, -0.15) is 0 Å². The molecule has 0 aromatic heterocycles. The zero-order valence-electron chi connectivity index (χ0n) is 14.1. The highest BCUT2D eigenvalue weighted by Crippen LogP contribution is 2.50. The Bertz CT molecular complexity index is 616. The number of ether oxygens (including phenoxy) is 1. The van der Waals surface area contributed by atoms with Crippen LogP contribution >= 0.6 is 0 Å². The standard InChI is InChI=1S/C18H25FN2O2/c1-17(2,3)23-16(22)21-9-7-18(8-10-21)11-14(20)15-12(18)5-4-6-13(15)19/h4-6,14H,7-11,20H2,1-3H3/t14-/m0/s1. The third-order valence-electron chi connectivity index (χ3n) is 4.98. The summed E-state index contributed by atoms with van der Waals surface area (Å²) in [6.07, 6.45) is 2.09. The van der Waals surface area contributed by atoms with Crippen LogP contribution in [0.3, 0.4) is 0 Å². The van der Waals surface area contributed by atoms with Gasteiger partial charge in [0.1, 0.15) is 11.4 Å². The first-order valence-corrected chi connectivity index (χ1v) is 8.24.